The van der Waals surface area contributed by atoms with E-state index in [-0.39, 0.29) is 18.4 Å². The number of alkyl carbamates (subject to hydrolysis) is 1. The van der Waals surface area contributed by atoms with Gasteiger partial charge >= 0.3 is 6.09 Å². The molecule has 0 aliphatic rings. The van der Waals surface area contributed by atoms with E-state index in [1.165, 1.54) is 4.90 Å². The second kappa shape index (κ2) is 11.2. The molecule has 7 heteroatoms. The molecule has 3 amide bonds. The average Bonchev–Trinajstić information content (AvgIpc) is 2.73. The number of nitrogens with zero attached hydrogens (tertiary/aromatic N) is 1. The normalized spacial score (nSPS) is 12.9. The number of ether oxygens (including phenoxy) is 1. The first-order valence-electron chi connectivity index (χ1n) is 11.6. The predicted octanol–water partition coefficient (Wildman–Crippen LogP) is 5.05. The van der Waals surface area contributed by atoms with Crippen LogP contribution in [0.2, 0.25) is 0 Å². The first-order valence-corrected chi connectivity index (χ1v) is 11.6. The van der Waals surface area contributed by atoms with Crippen LogP contribution in [0.1, 0.15) is 62.9 Å². The molecule has 0 fully saturated rings. The van der Waals surface area contributed by atoms with Gasteiger partial charge in [-0.1, -0.05) is 36.4 Å². The van der Waals surface area contributed by atoms with E-state index in [2.05, 4.69) is 10.6 Å². The maximum atomic E-state index is 13.6. The zero-order chi connectivity index (χ0) is 25.6. The lowest BCUT2D eigenvalue weighted by Crippen LogP contribution is -2.51. The molecule has 0 aliphatic heterocycles. The van der Waals surface area contributed by atoms with Crippen molar-refractivity contribution >= 4 is 23.6 Å². The summed E-state index contributed by atoms with van der Waals surface area (Å²) in [6, 6.07) is 11.5. The van der Waals surface area contributed by atoms with Gasteiger partial charge in [-0.3, -0.25) is 9.59 Å². The molecule has 34 heavy (non-hydrogen) atoms. The average molecular weight is 468 g/mol. The highest BCUT2D eigenvalue weighted by Gasteiger charge is 2.34. The van der Waals surface area contributed by atoms with Crippen molar-refractivity contribution in [2.75, 3.05) is 11.9 Å². The van der Waals surface area contributed by atoms with Gasteiger partial charge in [0.25, 0.3) is 5.91 Å². The Morgan fingerprint density at radius 2 is 1.62 bits per heavy atom. The smallest absolute Gasteiger partial charge is 0.408 e. The number of hydrogen-bond donors (Lipinski definition) is 2. The predicted molar refractivity (Wildman–Crippen MR) is 135 cm³/mol. The summed E-state index contributed by atoms with van der Waals surface area (Å²) < 4.78 is 5.29. The molecule has 0 saturated carbocycles. The van der Waals surface area contributed by atoms with E-state index >= 15 is 0 Å². The number of amides is 3. The molecular formula is C27H37N3O4. The summed E-state index contributed by atoms with van der Waals surface area (Å²) in [6.45, 7) is 14.8. The molecule has 0 spiro atoms. The molecule has 0 heterocycles. The molecule has 184 valence electrons. The number of rotatable bonds is 7. The Labute approximate surface area is 202 Å². The highest BCUT2D eigenvalue weighted by atomic mass is 16.6. The van der Waals surface area contributed by atoms with Gasteiger partial charge in [0.05, 0.1) is 0 Å². The summed E-state index contributed by atoms with van der Waals surface area (Å²) in [4.78, 5) is 40.7. The topological polar surface area (TPSA) is 87.7 Å². The fourth-order valence-electron chi connectivity index (χ4n) is 3.58. The molecule has 0 aliphatic carbocycles. The van der Waals surface area contributed by atoms with Gasteiger partial charge in [0.1, 0.15) is 17.7 Å². The maximum Gasteiger partial charge on any atom is 0.408 e. The zero-order valence-electron chi connectivity index (χ0n) is 21.5. The van der Waals surface area contributed by atoms with E-state index in [1.807, 2.05) is 70.2 Å². The van der Waals surface area contributed by atoms with E-state index in [0.29, 0.717) is 11.3 Å². The first kappa shape index (κ1) is 26.9. The number of para-hydroxylation sites is 1. The minimum atomic E-state index is -0.880. The Morgan fingerprint density at radius 3 is 2.18 bits per heavy atom. The largest absolute Gasteiger partial charge is 0.444 e. The van der Waals surface area contributed by atoms with E-state index in [1.54, 1.807) is 27.7 Å². The van der Waals surface area contributed by atoms with Crippen LogP contribution in [0.25, 0.3) is 0 Å². The van der Waals surface area contributed by atoms with Crippen molar-refractivity contribution in [2.45, 2.75) is 73.1 Å². The van der Waals surface area contributed by atoms with Crippen LogP contribution in [0.5, 0.6) is 0 Å². The Morgan fingerprint density at radius 1 is 0.971 bits per heavy atom. The van der Waals surface area contributed by atoms with Crippen LogP contribution in [-0.4, -0.2) is 41.0 Å². The van der Waals surface area contributed by atoms with Gasteiger partial charge in [-0.25, -0.2) is 4.79 Å². The quantitative estimate of drug-likeness (QED) is 0.596. The molecule has 2 aromatic rings. The number of benzene rings is 2. The number of nitrogens with one attached hydrogen (secondary N) is 2. The molecule has 2 rings (SSSR count). The minimum Gasteiger partial charge on any atom is -0.444 e. The number of aryl methyl sites for hydroxylation is 3. The summed E-state index contributed by atoms with van der Waals surface area (Å²) >= 11 is 0. The van der Waals surface area contributed by atoms with Crippen molar-refractivity contribution in [3.63, 3.8) is 0 Å². The summed E-state index contributed by atoms with van der Waals surface area (Å²) in [5.74, 6) is -0.700. The third kappa shape index (κ3) is 7.07. The van der Waals surface area contributed by atoms with Gasteiger partial charge in [0.15, 0.2) is 0 Å². The fraction of sp³-hybridized carbons (Fsp3) is 0.444. The molecule has 2 unspecified atom stereocenters. The summed E-state index contributed by atoms with van der Waals surface area (Å²) in [7, 11) is 0. The number of likely N-dealkylation sites (N-methyl/N-ethyl adjacent to an activating group) is 1. The summed E-state index contributed by atoms with van der Waals surface area (Å²) in [6.07, 6.45) is -0.684. The van der Waals surface area contributed by atoms with Crippen LogP contribution >= 0.6 is 0 Å². The van der Waals surface area contributed by atoms with Crippen LogP contribution in [0.4, 0.5) is 10.5 Å². The molecule has 0 aromatic heterocycles. The van der Waals surface area contributed by atoms with Crippen molar-refractivity contribution in [1.82, 2.24) is 10.2 Å². The molecule has 2 aromatic carbocycles. The van der Waals surface area contributed by atoms with E-state index in [4.69, 9.17) is 4.74 Å². The van der Waals surface area contributed by atoms with E-state index in [9.17, 15) is 14.4 Å². The monoisotopic (exact) mass is 467 g/mol. The molecule has 2 atom stereocenters. The molecule has 0 radical (unpaired) electrons. The lowest BCUT2D eigenvalue weighted by molar-refractivity contribution is -0.140. The second-order valence-electron chi connectivity index (χ2n) is 9.54. The number of carbonyl (C=O) groups excluding carboxylic acids is 3. The van der Waals surface area contributed by atoms with Crippen molar-refractivity contribution in [1.29, 1.82) is 0 Å². The molecular weight excluding hydrogens is 430 g/mol. The molecule has 0 bridgehead atoms. The summed E-state index contributed by atoms with van der Waals surface area (Å²) in [5.41, 5.74) is 3.74. The Balaban J connectivity index is 2.39. The highest BCUT2D eigenvalue weighted by Crippen LogP contribution is 2.26. The maximum absolute atomic E-state index is 13.6. The molecule has 0 saturated heterocycles. The van der Waals surface area contributed by atoms with E-state index < -0.39 is 23.8 Å². The highest BCUT2D eigenvalue weighted by molar-refractivity contribution is 5.99. The van der Waals surface area contributed by atoms with E-state index in [0.717, 1.165) is 16.7 Å². The SMILES string of the molecule is CCN(C(=O)C(C)NC(=O)OC(C)(C)C)C(C(=O)Nc1ccccc1C)c1ccc(C)c(C)c1. The van der Waals surface area contributed by atoms with Gasteiger partial charge < -0.3 is 20.3 Å². The standard InChI is InChI=1S/C27H37N3O4/c1-9-30(25(32)20(5)28-26(33)34-27(6,7)8)23(21-15-14-17(2)19(4)16-21)24(31)29-22-13-11-10-12-18(22)3/h10-16,20,23H,9H2,1-8H3,(H,28,33)(H,29,31). The van der Waals surface area contributed by atoms with Gasteiger partial charge in [-0.15, -0.1) is 0 Å². The van der Waals surface area contributed by atoms with Crippen molar-refractivity contribution in [3.8, 4) is 0 Å². The van der Waals surface area contributed by atoms with Crippen molar-refractivity contribution in [2.24, 2.45) is 0 Å². The number of carbonyl (C=O) groups is 3. The van der Waals surface area contributed by atoms with Crippen LogP contribution in [-0.2, 0) is 14.3 Å². The minimum absolute atomic E-state index is 0.276. The van der Waals surface area contributed by atoms with Crippen LogP contribution in [0.3, 0.4) is 0 Å². The Bertz CT molecular complexity index is 1040. The zero-order valence-corrected chi connectivity index (χ0v) is 21.5. The van der Waals surface area contributed by atoms with Gasteiger partial charge in [0, 0.05) is 12.2 Å². The van der Waals surface area contributed by atoms with Crippen LogP contribution in [0.15, 0.2) is 42.5 Å². The second-order valence-corrected chi connectivity index (χ2v) is 9.54. The van der Waals surface area contributed by atoms with Gasteiger partial charge in [-0.2, -0.15) is 0 Å². The molecule has 2 N–H and O–H groups in total. The Hall–Kier alpha value is -3.35. The van der Waals surface area contributed by atoms with Crippen LogP contribution in [0, 0.1) is 20.8 Å². The van der Waals surface area contributed by atoms with Crippen molar-refractivity contribution < 1.29 is 19.1 Å². The lowest BCUT2D eigenvalue weighted by atomic mass is 9.98. The third-order valence-corrected chi connectivity index (χ3v) is 5.54. The first-order chi connectivity index (χ1) is 15.8. The lowest BCUT2D eigenvalue weighted by Gasteiger charge is -2.33. The number of hydrogen-bond acceptors (Lipinski definition) is 4. The Kier molecular flexibility index (Phi) is 8.85. The summed E-state index contributed by atoms with van der Waals surface area (Å²) in [5, 5.41) is 5.57. The molecule has 7 nitrogen and oxygen atoms in total. The van der Waals surface area contributed by atoms with Crippen molar-refractivity contribution in [3.05, 3.63) is 64.7 Å². The van der Waals surface area contributed by atoms with Gasteiger partial charge in [0.2, 0.25) is 5.91 Å². The fourth-order valence-corrected chi connectivity index (χ4v) is 3.58. The third-order valence-electron chi connectivity index (χ3n) is 5.54. The van der Waals surface area contributed by atoms with Crippen LogP contribution < -0.4 is 10.6 Å². The number of anilines is 1. The van der Waals surface area contributed by atoms with Gasteiger partial charge in [-0.05, 0) is 83.7 Å².